The fourth-order valence-electron chi connectivity index (χ4n) is 2.22. The quantitative estimate of drug-likeness (QED) is 0.503. The molecular formula is C17H17NO6. The highest BCUT2D eigenvalue weighted by Gasteiger charge is 2.16. The number of ether oxygens (including phenoxy) is 1. The van der Waals surface area contributed by atoms with Crippen LogP contribution in [-0.4, -0.2) is 34.3 Å². The third-order valence-corrected chi connectivity index (χ3v) is 3.58. The Morgan fingerprint density at radius 1 is 1.08 bits per heavy atom. The number of anilines is 1. The maximum absolute atomic E-state index is 12.2. The summed E-state index contributed by atoms with van der Waals surface area (Å²) in [5.74, 6) is -2.67. The van der Waals surface area contributed by atoms with Crippen molar-refractivity contribution in [1.82, 2.24) is 0 Å². The molecule has 2 rings (SSSR count). The van der Waals surface area contributed by atoms with E-state index in [4.69, 9.17) is 0 Å². The molecule has 1 amide bonds. The number of hydrogen-bond donors (Lipinski definition) is 4. The molecular weight excluding hydrogens is 314 g/mol. The molecule has 0 aromatic heterocycles. The van der Waals surface area contributed by atoms with E-state index in [1.54, 1.807) is 25.1 Å². The number of carbonyl (C=O) groups excluding carboxylic acids is 2. The highest BCUT2D eigenvalue weighted by molar-refractivity contribution is 5.97. The molecule has 2 aromatic carbocycles. The van der Waals surface area contributed by atoms with Gasteiger partial charge in [0.15, 0.2) is 11.5 Å². The van der Waals surface area contributed by atoms with Crippen molar-refractivity contribution in [2.45, 2.75) is 13.3 Å². The second-order valence-electron chi connectivity index (χ2n) is 5.14. The van der Waals surface area contributed by atoms with Crippen molar-refractivity contribution in [3.63, 3.8) is 0 Å². The average Bonchev–Trinajstić information content (AvgIpc) is 2.56. The molecule has 4 N–H and O–H groups in total. The van der Waals surface area contributed by atoms with E-state index in [1.807, 2.05) is 0 Å². The maximum atomic E-state index is 12.2. The van der Waals surface area contributed by atoms with Crippen LogP contribution in [0.25, 0.3) is 0 Å². The largest absolute Gasteiger partial charge is 0.504 e. The monoisotopic (exact) mass is 331 g/mol. The number of benzene rings is 2. The molecule has 0 saturated heterocycles. The second kappa shape index (κ2) is 6.91. The van der Waals surface area contributed by atoms with E-state index >= 15 is 0 Å². The predicted molar refractivity (Wildman–Crippen MR) is 86.3 cm³/mol. The number of methoxy groups -OCH3 is 1. The molecule has 7 nitrogen and oxygen atoms in total. The average molecular weight is 331 g/mol. The van der Waals surface area contributed by atoms with Gasteiger partial charge in [-0.05, 0) is 30.7 Å². The highest BCUT2D eigenvalue weighted by atomic mass is 16.5. The van der Waals surface area contributed by atoms with Gasteiger partial charge in [-0.3, -0.25) is 4.79 Å². The van der Waals surface area contributed by atoms with Gasteiger partial charge in [-0.25, -0.2) is 4.79 Å². The lowest BCUT2D eigenvalue weighted by Gasteiger charge is -2.12. The molecule has 0 atom stereocenters. The van der Waals surface area contributed by atoms with Gasteiger partial charge in [-0.2, -0.15) is 0 Å². The summed E-state index contributed by atoms with van der Waals surface area (Å²) < 4.78 is 4.68. The van der Waals surface area contributed by atoms with Crippen LogP contribution >= 0.6 is 0 Å². The molecule has 24 heavy (non-hydrogen) atoms. The van der Waals surface area contributed by atoms with E-state index in [2.05, 4.69) is 10.1 Å². The number of esters is 1. The second-order valence-corrected chi connectivity index (χ2v) is 5.14. The van der Waals surface area contributed by atoms with Crippen LogP contribution in [0.3, 0.4) is 0 Å². The third-order valence-electron chi connectivity index (χ3n) is 3.58. The Kier molecular flexibility index (Phi) is 4.93. The lowest BCUT2D eigenvalue weighted by molar-refractivity contribution is -0.115. The molecule has 126 valence electrons. The maximum Gasteiger partial charge on any atom is 0.338 e. The lowest BCUT2D eigenvalue weighted by Crippen LogP contribution is -2.16. The number of phenolic OH excluding ortho intramolecular Hbond substituents is 3. The summed E-state index contributed by atoms with van der Waals surface area (Å²) in [6.07, 6.45) is -0.221. The van der Waals surface area contributed by atoms with Gasteiger partial charge >= 0.3 is 5.97 Å². The van der Waals surface area contributed by atoms with Gasteiger partial charge in [0.05, 0.1) is 19.1 Å². The smallest absolute Gasteiger partial charge is 0.338 e. The van der Waals surface area contributed by atoms with Gasteiger partial charge < -0.3 is 25.4 Å². The summed E-state index contributed by atoms with van der Waals surface area (Å²) in [6.45, 7) is 1.67. The molecule has 0 fully saturated rings. The van der Waals surface area contributed by atoms with E-state index in [9.17, 15) is 24.9 Å². The van der Waals surface area contributed by atoms with Gasteiger partial charge in [-0.15, -0.1) is 0 Å². The summed E-state index contributed by atoms with van der Waals surface area (Å²) in [4.78, 5) is 23.8. The summed E-state index contributed by atoms with van der Waals surface area (Å²) in [5, 5.41) is 31.1. The van der Waals surface area contributed by atoms with Crippen molar-refractivity contribution < 1.29 is 29.6 Å². The van der Waals surface area contributed by atoms with Gasteiger partial charge in [0.1, 0.15) is 0 Å². The van der Waals surface area contributed by atoms with E-state index in [0.717, 1.165) is 0 Å². The number of carbonyl (C=O) groups is 2. The van der Waals surface area contributed by atoms with E-state index in [1.165, 1.54) is 19.2 Å². The zero-order valence-electron chi connectivity index (χ0n) is 13.2. The first-order valence-corrected chi connectivity index (χ1v) is 7.05. The van der Waals surface area contributed by atoms with Gasteiger partial charge in [-0.1, -0.05) is 12.1 Å². The number of aromatic hydroxyl groups is 3. The number of phenols is 3. The fourth-order valence-corrected chi connectivity index (χ4v) is 2.22. The molecule has 0 heterocycles. The topological polar surface area (TPSA) is 116 Å². The fraction of sp³-hybridized carbons (Fsp3) is 0.176. The first kappa shape index (κ1) is 17.1. The third kappa shape index (κ3) is 3.40. The first-order valence-electron chi connectivity index (χ1n) is 7.05. The zero-order chi connectivity index (χ0) is 17.9. The zero-order valence-corrected chi connectivity index (χ0v) is 13.2. The molecule has 0 bridgehead atoms. The van der Waals surface area contributed by atoms with Crippen LogP contribution in [0.1, 0.15) is 21.5 Å². The summed E-state index contributed by atoms with van der Waals surface area (Å²) in [7, 11) is 1.27. The Morgan fingerprint density at radius 2 is 1.79 bits per heavy atom. The molecule has 0 saturated carbocycles. The minimum atomic E-state index is -0.677. The van der Waals surface area contributed by atoms with Gasteiger partial charge in [0.2, 0.25) is 11.7 Å². The van der Waals surface area contributed by atoms with Crippen molar-refractivity contribution in [2.24, 2.45) is 0 Å². The minimum Gasteiger partial charge on any atom is -0.504 e. The van der Waals surface area contributed by atoms with E-state index in [-0.39, 0.29) is 12.0 Å². The van der Waals surface area contributed by atoms with Crippen molar-refractivity contribution in [3.8, 4) is 17.2 Å². The van der Waals surface area contributed by atoms with Crippen LogP contribution in [0.15, 0.2) is 30.3 Å². The summed E-state index contributed by atoms with van der Waals surface area (Å²) in [6, 6.07) is 7.34. The molecule has 7 heteroatoms. The number of rotatable bonds is 4. The summed E-state index contributed by atoms with van der Waals surface area (Å²) >= 11 is 0. The molecule has 0 aliphatic carbocycles. The van der Waals surface area contributed by atoms with Gasteiger partial charge in [0, 0.05) is 11.3 Å². The Hall–Kier alpha value is -3.22. The SMILES string of the molecule is COC(=O)c1cccc(NC(=O)Cc2ccc(O)c(O)c2O)c1C. The molecule has 2 aromatic rings. The van der Waals surface area contributed by atoms with Crippen molar-refractivity contribution in [2.75, 3.05) is 12.4 Å². The Labute approximate surface area is 138 Å². The van der Waals surface area contributed by atoms with Crippen molar-refractivity contribution in [3.05, 3.63) is 47.0 Å². The van der Waals surface area contributed by atoms with Crippen LogP contribution in [-0.2, 0) is 16.0 Å². The lowest BCUT2D eigenvalue weighted by atomic mass is 10.1. The van der Waals surface area contributed by atoms with Crippen LogP contribution in [0.4, 0.5) is 5.69 Å². The number of nitrogens with one attached hydrogen (secondary N) is 1. The Morgan fingerprint density at radius 3 is 2.46 bits per heavy atom. The summed E-state index contributed by atoms with van der Waals surface area (Å²) in [5.41, 5.74) is 1.48. The van der Waals surface area contributed by atoms with Gasteiger partial charge in [0.25, 0.3) is 0 Å². The predicted octanol–water partition coefficient (Wildman–Crippen LogP) is 2.08. The molecule has 0 aliphatic rings. The van der Waals surface area contributed by atoms with E-state index in [0.29, 0.717) is 16.8 Å². The molecule has 0 unspecified atom stereocenters. The number of amides is 1. The van der Waals surface area contributed by atoms with Crippen LogP contribution in [0, 0.1) is 6.92 Å². The minimum absolute atomic E-state index is 0.157. The first-order chi connectivity index (χ1) is 11.3. The van der Waals surface area contributed by atoms with E-state index < -0.39 is 29.1 Å². The molecule has 0 aliphatic heterocycles. The Bertz CT molecular complexity index is 800. The normalized spacial score (nSPS) is 10.2. The van der Waals surface area contributed by atoms with Crippen molar-refractivity contribution in [1.29, 1.82) is 0 Å². The number of hydrogen-bond acceptors (Lipinski definition) is 6. The molecule has 0 radical (unpaired) electrons. The standard InChI is InChI=1S/C17H17NO6/c1-9-11(17(23)24-2)4-3-5-12(9)18-14(20)8-10-6-7-13(19)16(22)15(10)21/h3-7,19,21-22H,8H2,1-2H3,(H,18,20). The Balaban J connectivity index is 2.19. The van der Waals surface area contributed by atoms with Crippen LogP contribution in [0.2, 0.25) is 0 Å². The van der Waals surface area contributed by atoms with Crippen LogP contribution < -0.4 is 5.32 Å². The highest BCUT2D eigenvalue weighted by Crippen LogP contribution is 2.37. The van der Waals surface area contributed by atoms with Crippen molar-refractivity contribution >= 4 is 17.6 Å². The molecule has 0 spiro atoms. The van der Waals surface area contributed by atoms with Crippen LogP contribution in [0.5, 0.6) is 17.2 Å².